The fraction of sp³-hybridized carbons (Fsp3) is 0.111. The van der Waals surface area contributed by atoms with Crippen molar-refractivity contribution in [3.63, 3.8) is 0 Å². The molecule has 0 atom stereocenters. The molecule has 102 valence electrons. The van der Waals surface area contributed by atoms with Gasteiger partial charge in [0, 0.05) is 11.1 Å². The molecule has 0 fully saturated rings. The molecule has 2 heteroatoms. The molecule has 0 aliphatic rings. The van der Waals surface area contributed by atoms with Crippen LogP contribution < -0.4 is 11.5 Å². The summed E-state index contributed by atoms with van der Waals surface area (Å²) >= 11 is 0. The maximum atomic E-state index is 5.76. The molecule has 2 nitrogen and oxygen atoms in total. The normalized spacial score (nSPS) is 9.85. The molecule has 0 saturated heterocycles. The van der Waals surface area contributed by atoms with E-state index in [1.165, 1.54) is 10.9 Å². The molecule has 20 heavy (non-hydrogen) atoms. The van der Waals surface area contributed by atoms with Crippen molar-refractivity contribution in [2.45, 2.75) is 6.42 Å². The second kappa shape index (κ2) is 7.31. The highest BCUT2D eigenvalue weighted by Gasteiger charge is 1.92. The molecule has 4 N–H and O–H groups in total. The second-order valence-corrected chi connectivity index (χ2v) is 4.59. The van der Waals surface area contributed by atoms with E-state index in [2.05, 4.69) is 24.3 Å². The highest BCUT2D eigenvalue weighted by Crippen LogP contribution is 2.19. The van der Waals surface area contributed by atoms with Gasteiger partial charge in [0.2, 0.25) is 0 Å². The Hall–Kier alpha value is -2.32. The first-order chi connectivity index (χ1) is 9.81. The lowest BCUT2D eigenvalue weighted by atomic mass is 10.1. The molecular formula is C18H20N2. The van der Waals surface area contributed by atoms with Crippen LogP contribution in [0.25, 0.3) is 10.8 Å². The van der Waals surface area contributed by atoms with E-state index in [0.717, 1.165) is 24.0 Å². The van der Waals surface area contributed by atoms with E-state index >= 15 is 0 Å². The molecule has 0 saturated carbocycles. The van der Waals surface area contributed by atoms with Crippen LogP contribution in [0.15, 0.2) is 72.8 Å². The SMILES string of the molecule is NCCc1ccccc1.Nc1cccc2ccccc12. The van der Waals surface area contributed by atoms with Gasteiger partial charge in [-0.25, -0.2) is 0 Å². The predicted octanol–water partition coefficient (Wildman–Crippen LogP) is 3.61. The van der Waals surface area contributed by atoms with Crippen LogP contribution in [-0.4, -0.2) is 6.54 Å². The monoisotopic (exact) mass is 264 g/mol. The van der Waals surface area contributed by atoms with Crippen LogP contribution in [-0.2, 0) is 6.42 Å². The molecule has 0 aliphatic carbocycles. The van der Waals surface area contributed by atoms with Crippen molar-refractivity contribution in [3.05, 3.63) is 78.4 Å². The maximum Gasteiger partial charge on any atom is 0.0393 e. The summed E-state index contributed by atoms with van der Waals surface area (Å²) in [7, 11) is 0. The van der Waals surface area contributed by atoms with Crippen LogP contribution in [0.4, 0.5) is 5.69 Å². The Morgan fingerprint density at radius 3 is 2.05 bits per heavy atom. The Morgan fingerprint density at radius 1 is 0.700 bits per heavy atom. The molecule has 0 radical (unpaired) electrons. The number of hydrogen-bond donors (Lipinski definition) is 2. The van der Waals surface area contributed by atoms with Crippen LogP contribution in [0, 0.1) is 0 Å². The quantitative estimate of drug-likeness (QED) is 0.695. The molecule has 3 aromatic carbocycles. The molecule has 0 unspecified atom stereocenters. The molecular weight excluding hydrogens is 244 g/mol. The average molecular weight is 264 g/mol. The van der Waals surface area contributed by atoms with Crippen LogP contribution in [0.5, 0.6) is 0 Å². The molecule has 3 aromatic rings. The van der Waals surface area contributed by atoms with Crippen LogP contribution in [0.1, 0.15) is 5.56 Å². The number of rotatable bonds is 2. The van der Waals surface area contributed by atoms with Crippen molar-refractivity contribution >= 4 is 16.5 Å². The zero-order valence-electron chi connectivity index (χ0n) is 11.5. The van der Waals surface area contributed by atoms with E-state index < -0.39 is 0 Å². The topological polar surface area (TPSA) is 52.0 Å². The molecule has 0 aliphatic heterocycles. The molecule has 0 heterocycles. The van der Waals surface area contributed by atoms with Gasteiger partial charge in [-0.05, 0) is 30.0 Å². The van der Waals surface area contributed by atoms with Gasteiger partial charge in [-0.2, -0.15) is 0 Å². The summed E-state index contributed by atoms with van der Waals surface area (Å²) in [4.78, 5) is 0. The van der Waals surface area contributed by atoms with Gasteiger partial charge in [0.05, 0.1) is 0 Å². The fourth-order valence-corrected chi connectivity index (χ4v) is 2.06. The summed E-state index contributed by atoms with van der Waals surface area (Å²) in [6.45, 7) is 0.740. The molecule has 0 amide bonds. The smallest absolute Gasteiger partial charge is 0.0393 e. The van der Waals surface area contributed by atoms with E-state index in [9.17, 15) is 0 Å². The van der Waals surface area contributed by atoms with E-state index in [4.69, 9.17) is 11.5 Å². The third-order valence-electron chi connectivity index (χ3n) is 3.10. The van der Waals surface area contributed by atoms with Crippen molar-refractivity contribution in [3.8, 4) is 0 Å². The van der Waals surface area contributed by atoms with Gasteiger partial charge in [-0.3, -0.25) is 0 Å². The summed E-state index contributed by atoms with van der Waals surface area (Å²) in [6, 6.07) is 24.3. The van der Waals surface area contributed by atoms with Crippen molar-refractivity contribution in [2.75, 3.05) is 12.3 Å². The first-order valence-electron chi connectivity index (χ1n) is 6.78. The summed E-state index contributed by atoms with van der Waals surface area (Å²) in [5.74, 6) is 0. The minimum Gasteiger partial charge on any atom is -0.398 e. The predicted molar refractivity (Wildman–Crippen MR) is 87.6 cm³/mol. The van der Waals surface area contributed by atoms with Crippen LogP contribution in [0.2, 0.25) is 0 Å². The van der Waals surface area contributed by atoms with Gasteiger partial charge in [-0.1, -0.05) is 66.7 Å². The molecule has 3 rings (SSSR count). The number of anilines is 1. The second-order valence-electron chi connectivity index (χ2n) is 4.59. The lowest BCUT2D eigenvalue weighted by Crippen LogP contribution is -2.01. The van der Waals surface area contributed by atoms with Gasteiger partial charge in [0.25, 0.3) is 0 Å². The number of hydrogen-bond acceptors (Lipinski definition) is 2. The first kappa shape index (κ1) is 14.1. The summed E-state index contributed by atoms with van der Waals surface area (Å²) in [6.07, 6.45) is 0.987. The number of nitrogen functional groups attached to an aromatic ring is 1. The van der Waals surface area contributed by atoms with Gasteiger partial charge in [0.1, 0.15) is 0 Å². The summed E-state index contributed by atoms with van der Waals surface area (Å²) in [5.41, 5.74) is 13.3. The Morgan fingerprint density at radius 2 is 1.35 bits per heavy atom. The van der Waals surface area contributed by atoms with Crippen molar-refractivity contribution in [1.82, 2.24) is 0 Å². The zero-order chi connectivity index (χ0) is 14.2. The highest BCUT2D eigenvalue weighted by molar-refractivity contribution is 5.92. The van der Waals surface area contributed by atoms with E-state index in [0.29, 0.717) is 0 Å². The van der Waals surface area contributed by atoms with E-state index in [-0.39, 0.29) is 0 Å². The number of fused-ring (bicyclic) bond motifs is 1. The van der Waals surface area contributed by atoms with Crippen molar-refractivity contribution < 1.29 is 0 Å². The minimum absolute atomic E-state index is 0.740. The lowest BCUT2D eigenvalue weighted by molar-refractivity contribution is 0.969. The van der Waals surface area contributed by atoms with Crippen molar-refractivity contribution in [1.29, 1.82) is 0 Å². The Kier molecular flexibility index (Phi) is 5.15. The lowest BCUT2D eigenvalue weighted by Gasteiger charge is -1.98. The fourth-order valence-electron chi connectivity index (χ4n) is 2.06. The molecule has 0 bridgehead atoms. The Labute approximate surface area is 120 Å². The van der Waals surface area contributed by atoms with Gasteiger partial charge in [0.15, 0.2) is 0 Å². The standard InChI is InChI=1S/C10H9N.C8H11N/c11-10-7-3-5-8-4-1-2-6-9(8)10;9-7-6-8-4-2-1-3-5-8/h1-7H,11H2;1-5H,6-7,9H2. The molecule has 0 spiro atoms. The Balaban J connectivity index is 0.000000151. The summed E-state index contributed by atoms with van der Waals surface area (Å²) in [5, 5.41) is 2.34. The van der Waals surface area contributed by atoms with Crippen molar-refractivity contribution in [2.24, 2.45) is 5.73 Å². The third-order valence-corrected chi connectivity index (χ3v) is 3.10. The van der Waals surface area contributed by atoms with Gasteiger partial charge in [-0.15, -0.1) is 0 Å². The van der Waals surface area contributed by atoms with E-state index in [1.54, 1.807) is 0 Å². The van der Waals surface area contributed by atoms with Crippen LogP contribution in [0.3, 0.4) is 0 Å². The minimum atomic E-state index is 0.740. The number of benzene rings is 3. The number of nitrogens with two attached hydrogens (primary N) is 2. The zero-order valence-corrected chi connectivity index (χ0v) is 11.5. The van der Waals surface area contributed by atoms with Crippen LogP contribution >= 0.6 is 0 Å². The van der Waals surface area contributed by atoms with Gasteiger partial charge < -0.3 is 11.5 Å². The molecule has 0 aromatic heterocycles. The van der Waals surface area contributed by atoms with Gasteiger partial charge >= 0.3 is 0 Å². The summed E-state index contributed by atoms with van der Waals surface area (Å²) < 4.78 is 0. The van der Waals surface area contributed by atoms with E-state index in [1.807, 2.05) is 48.5 Å². The highest BCUT2D eigenvalue weighted by atomic mass is 14.5. The third kappa shape index (κ3) is 3.84. The largest absolute Gasteiger partial charge is 0.398 e. The first-order valence-corrected chi connectivity index (χ1v) is 6.78. The maximum absolute atomic E-state index is 5.76. The Bertz CT molecular complexity index is 642. The average Bonchev–Trinajstić information content (AvgIpc) is 2.50.